The Morgan fingerprint density at radius 3 is 2.43 bits per heavy atom. The molecule has 170 valence electrons. The van der Waals surface area contributed by atoms with Gasteiger partial charge < -0.3 is 10.2 Å². The molecule has 4 fully saturated rings. The van der Waals surface area contributed by atoms with Gasteiger partial charge in [-0.3, -0.25) is 4.99 Å². The smallest absolute Gasteiger partial charge is 0.0582 e. The number of nitrogens with zero attached hydrogens (tertiary/aromatic N) is 1. The van der Waals surface area contributed by atoms with Crippen LogP contribution in [0, 0.1) is 52.3 Å². The van der Waals surface area contributed by atoms with Crippen LogP contribution in [0.5, 0.6) is 0 Å². The van der Waals surface area contributed by atoms with Crippen LogP contribution in [0.25, 0.3) is 0 Å². The first-order chi connectivity index (χ1) is 14.2. The highest BCUT2D eigenvalue weighted by atomic mass is 16.3. The Morgan fingerprint density at radius 2 is 1.70 bits per heavy atom. The molecular weight excluding hydrogens is 370 g/mol. The number of aliphatic hydroxyl groups excluding tert-OH is 2. The van der Waals surface area contributed by atoms with Gasteiger partial charge in [0.05, 0.1) is 12.2 Å². The minimum absolute atomic E-state index is 0.0639. The van der Waals surface area contributed by atoms with E-state index in [4.69, 9.17) is 4.99 Å². The molecule has 0 aromatic rings. The van der Waals surface area contributed by atoms with E-state index in [2.05, 4.69) is 27.7 Å². The molecule has 1 aliphatic heterocycles. The van der Waals surface area contributed by atoms with E-state index in [-0.39, 0.29) is 17.6 Å². The highest BCUT2D eigenvalue weighted by Gasteiger charge is 2.63. The summed E-state index contributed by atoms with van der Waals surface area (Å²) in [4.78, 5) is 4.99. The van der Waals surface area contributed by atoms with Crippen molar-refractivity contribution >= 4 is 5.71 Å². The molecular formula is C27H45NO2. The molecule has 0 unspecified atom stereocenters. The van der Waals surface area contributed by atoms with E-state index in [9.17, 15) is 10.2 Å². The van der Waals surface area contributed by atoms with Crippen LogP contribution < -0.4 is 0 Å². The lowest BCUT2D eigenvalue weighted by atomic mass is 9.44. The minimum atomic E-state index is -0.158. The van der Waals surface area contributed by atoms with Crippen molar-refractivity contribution in [3.8, 4) is 0 Å². The molecule has 0 aromatic heterocycles. The van der Waals surface area contributed by atoms with Crippen molar-refractivity contribution in [1.29, 1.82) is 0 Å². The molecule has 0 radical (unpaired) electrons. The van der Waals surface area contributed by atoms with Crippen molar-refractivity contribution in [2.45, 2.75) is 104 Å². The van der Waals surface area contributed by atoms with E-state index < -0.39 is 0 Å². The van der Waals surface area contributed by atoms with E-state index in [1.54, 1.807) is 0 Å². The summed E-state index contributed by atoms with van der Waals surface area (Å²) in [7, 11) is 0. The van der Waals surface area contributed by atoms with Crippen LogP contribution in [-0.4, -0.2) is 34.7 Å². The third-order valence-electron chi connectivity index (χ3n) is 11.3. The van der Waals surface area contributed by atoms with Crippen molar-refractivity contribution in [3.05, 3.63) is 0 Å². The normalized spacial score (nSPS) is 54.5. The summed E-state index contributed by atoms with van der Waals surface area (Å²) in [5.74, 6) is 4.50. The number of hydrogen-bond donors (Lipinski definition) is 2. The maximum Gasteiger partial charge on any atom is 0.0582 e. The fourth-order valence-corrected chi connectivity index (χ4v) is 9.61. The van der Waals surface area contributed by atoms with Crippen LogP contribution in [0.4, 0.5) is 0 Å². The van der Waals surface area contributed by atoms with Gasteiger partial charge in [0.2, 0.25) is 0 Å². The predicted octanol–water partition coefficient (Wildman–Crippen LogP) is 5.48. The maximum absolute atomic E-state index is 11.4. The molecule has 0 spiro atoms. The fraction of sp³-hybridized carbons (Fsp3) is 0.963. The van der Waals surface area contributed by atoms with E-state index in [1.165, 1.54) is 44.2 Å². The zero-order valence-electron chi connectivity index (χ0n) is 19.8. The van der Waals surface area contributed by atoms with E-state index in [1.807, 2.05) is 0 Å². The van der Waals surface area contributed by atoms with Crippen LogP contribution in [0.15, 0.2) is 4.99 Å². The molecule has 3 heteroatoms. The van der Waals surface area contributed by atoms with Crippen LogP contribution >= 0.6 is 0 Å². The van der Waals surface area contributed by atoms with Crippen LogP contribution in [0.2, 0.25) is 0 Å². The van der Waals surface area contributed by atoms with Gasteiger partial charge in [0.1, 0.15) is 0 Å². The van der Waals surface area contributed by atoms with Crippen molar-refractivity contribution in [2.75, 3.05) is 6.54 Å². The molecule has 30 heavy (non-hydrogen) atoms. The number of aliphatic hydroxyl groups is 2. The molecule has 2 N–H and O–H groups in total. The van der Waals surface area contributed by atoms with E-state index in [0.29, 0.717) is 29.1 Å². The lowest BCUT2D eigenvalue weighted by Crippen LogP contribution is -2.54. The molecule has 3 nitrogen and oxygen atoms in total. The first kappa shape index (κ1) is 21.4. The molecule has 11 atom stereocenters. The summed E-state index contributed by atoms with van der Waals surface area (Å²) in [5.41, 5.74) is 2.09. The molecule has 4 aliphatic carbocycles. The van der Waals surface area contributed by atoms with Crippen molar-refractivity contribution in [1.82, 2.24) is 0 Å². The molecule has 0 saturated heterocycles. The molecule has 5 aliphatic rings. The van der Waals surface area contributed by atoms with Crippen molar-refractivity contribution < 1.29 is 10.2 Å². The van der Waals surface area contributed by atoms with Gasteiger partial charge in [-0.25, -0.2) is 0 Å². The quantitative estimate of drug-likeness (QED) is 0.627. The summed E-state index contributed by atoms with van der Waals surface area (Å²) in [6, 6.07) is 0. The Bertz CT molecular complexity index is 690. The molecule has 0 bridgehead atoms. The second-order valence-corrected chi connectivity index (χ2v) is 12.7. The van der Waals surface area contributed by atoms with Gasteiger partial charge in [-0.05, 0) is 116 Å². The Balaban J connectivity index is 1.39. The van der Waals surface area contributed by atoms with Crippen LogP contribution in [0.1, 0.15) is 91.9 Å². The number of hydrogen-bond acceptors (Lipinski definition) is 3. The lowest BCUT2D eigenvalue weighted by molar-refractivity contribution is -0.128. The summed E-state index contributed by atoms with van der Waals surface area (Å²) < 4.78 is 0. The fourth-order valence-electron chi connectivity index (χ4n) is 9.61. The first-order valence-electron chi connectivity index (χ1n) is 13.1. The van der Waals surface area contributed by atoms with E-state index in [0.717, 1.165) is 50.0 Å². The Morgan fingerprint density at radius 1 is 0.933 bits per heavy atom. The summed E-state index contributed by atoms with van der Waals surface area (Å²) in [6.45, 7) is 10.8. The van der Waals surface area contributed by atoms with Gasteiger partial charge in [0.25, 0.3) is 0 Å². The molecule has 4 saturated carbocycles. The maximum atomic E-state index is 11.4. The topological polar surface area (TPSA) is 52.8 Å². The Hall–Kier alpha value is -0.410. The molecule has 0 aromatic carbocycles. The van der Waals surface area contributed by atoms with Crippen molar-refractivity contribution in [2.24, 2.45) is 57.2 Å². The summed E-state index contributed by atoms with van der Waals surface area (Å²) >= 11 is 0. The number of aliphatic imine (C=N–C) groups is 1. The molecule has 1 heterocycles. The van der Waals surface area contributed by atoms with E-state index >= 15 is 0 Å². The monoisotopic (exact) mass is 415 g/mol. The van der Waals surface area contributed by atoms with Gasteiger partial charge in [-0.15, -0.1) is 0 Å². The average molecular weight is 416 g/mol. The molecule has 5 rings (SSSR count). The standard InChI is InChI=1S/C27H45NO2/c1-16-5-8-23(28-15-16)17(2)25-24(30)14-22-20-7-6-18-13-19(29)9-11-26(18,3)21(20)10-12-27(22,25)4/h16-22,24-25,29-30H,5-15H2,1-4H3/t16-,17-,18+,19+,20-,21+,22+,24-,25+,26+,27+/m1/s1. The zero-order chi connectivity index (χ0) is 21.3. The van der Waals surface area contributed by atoms with Gasteiger partial charge >= 0.3 is 0 Å². The highest BCUT2D eigenvalue weighted by Crippen LogP contribution is 2.68. The van der Waals surface area contributed by atoms with Gasteiger partial charge in [0, 0.05) is 12.3 Å². The highest BCUT2D eigenvalue weighted by molar-refractivity contribution is 5.87. The Labute approximate surface area is 184 Å². The third-order valence-corrected chi connectivity index (χ3v) is 11.3. The first-order valence-corrected chi connectivity index (χ1v) is 13.1. The van der Waals surface area contributed by atoms with Gasteiger partial charge in [0.15, 0.2) is 0 Å². The molecule has 0 amide bonds. The second kappa shape index (κ2) is 7.58. The van der Waals surface area contributed by atoms with Gasteiger partial charge in [-0.2, -0.15) is 0 Å². The Kier molecular flexibility index (Phi) is 5.41. The lowest BCUT2D eigenvalue weighted by Gasteiger charge is -2.61. The van der Waals surface area contributed by atoms with Gasteiger partial charge in [-0.1, -0.05) is 27.7 Å². The summed E-state index contributed by atoms with van der Waals surface area (Å²) in [6.07, 6.45) is 11.7. The van der Waals surface area contributed by atoms with Crippen LogP contribution in [0.3, 0.4) is 0 Å². The minimum Gasteiger partial charge on any atom is -0.393 e. The summed E-state index contributed by atoms with van der Waals surface area (Å²) in [5, 5.41) is 21.6. The zero-order valence-corrected chi connectivity index (χ0v) is 19.8. The predicted molar refractivity (Wildman–Crippen MR) is 122 cm³/mol. The van der Waals surface area contributed by atoms with Crippen molar-refractivity contribution in [3.63, 3.8) is 0 Å². The SMILES string of the molecule is C[C@@H]1CCC([C@@H](C)[C@H]2[C@H](O)C[C@H]3[C@@H]4CC[C@H]5C[C@@H](O)CC[C@]5(C)[C@H]4CC[C@]23C)=NC1. The number of fused-ring (bicyclic) bond motifs is 5. The third kappa shape index (κ3) is 3.16. The largest absolute Gasteiger partial charge is 0.393 e. The van der Waals surface area contributed by atoms with Crippen LogP contribution in [-0.2, 0) is 0 Å². The second-order valence-electron chi connectivity index (χ2n) is 12.7. The number of rotatable bonds is 2. The average Bonchev–Trinajstić information content (AvgIpc) is 2.98.